The molecule has 3 saturated heterocycles. The Morgan fingerprint density at radius 3 is 3.08 bits per heavy atom. The number of hydrogen-bond donors (Lipinski definition) is 0. The minimum absolute atomic E-state index is 0.0267. The van der Waals surface area contributed by atoms with Crippen LogP contribution in [0.15, 0.2) is 5.51 Å². The van der Waals surface area contributed by atoms with Gasteiger partial charge >= 0.3 is 0 Å². The van der Waals surface area contributed by atoms with E-state index in [1.807, 2.05) is 5.51 Å². The van der Waals surface area contributed by atoms with Gasteiger partial charge in [-0.15, -0.1) is 11.3 Å². The van der Waals surface area contributed by atoms with E-state index in [0.29, 0.717) is 5.92 Å². The van der Waals surface area contributed by atoms with Gasteiger partial charge in [-0.05, 0) is 32.1 Å². The van der Waals surface area contributed by atoms with Gasteiger partial charge in [0.15, 0.2) is 0 Å². The zero-order valence-corrected chi connectivity index (χ0v) is 15.4. The molecule has 0 aliphatic carbocycles. The van der Waals surface area contributed by atoms with E-state index >= 15 is 0 Å². The zero-order chi connectivity index (χ0) is 16.4. The van der Waals surface area contributed by atoms with Crippen LogP contribution in [0.4, 0.5) is 0 Å². The lowest BCUT2D eigenvalue weighted by Crippen LogP contribution is -2.33. The molecule has 2 atom stereocenters. The van der Waals surface area contributed by atoms with E-state index < -0.39 is 0 Å². The van der Waals surface area contributed by atoms with Crippen LogP contribution < -0.4 is 0 Å². The quantitative estimate of drug-likeness (QED) is 0.815. The van der Waals surface area contributed by atoms with Gasteiger partial charge in [-0.1, -0.05) is 0 Å². The third-order valence-electron chi connectivity index (χ3n) is 5.69. The summed E-state index contributed by atoms with van der Waals surface area (Å²) in [4.78, 5) is 8.26. The van der Waals surface area contributed by atoms with Gasteiger partial charge in [-0.2, -0.15) is 0 Å². The summed E-state index contributed by atoms with van der Waals surface area (Å²) in [5.41, 5.74) is 3.15. The van der Waals surface area contributed by atoms with Crippen LogP contribution in [-0.4, -0.2) is 61.1 Å². The van der Waals surface area contributed by atoms with Gasteiger partial charge in [0.05, 0.1) is 36.1 Å². The summed E-state index contributed by atoms with van der Waals surface area (Å²) in [5.74, 6) is 0.671. The highest BCUT2D eigenvalue weighted by atomic mass is 32.1. The summed E-state index contributed by atoms with van der Waals surface area (Å²) in [6, 6.07) is 0. The molecule has 5 nitrogen and oxygen atoms in total. The second-order valence-corrected chi connectivity index (χ2v) is 8.47. The lowest BCUT2D eigenvalue weighted by molar-refractivity contribution is -0.0188. The maximum absolute atomic E-state index is 6.23. The first-order valence-electron chi connectivity index (χ1n) is 9.17. The fraction of sp³-hybridized carbons (Fsp3) is 0.833. The van der Waals surface area contributed by atoms with Crippen molar-refractivity contribution in [2.75, 3.05) is 39.5 Å². The molecule has 0 radical (unpaired) electrons. The fourth-order valence-electron chi connectivity index (χ4n) is 4.12. The van der Waals surface area contributed by atoms with Crippen LogP contribution in [-0.2, 0) is 20.8 Å². The number of likely N-dealkylation sites (tertiary alicyclic amines) is 1. The average molecular weight is 353 g/mol. The molecular formula is C18H28N2O3S. The van der Waals surface area contributed by atoms with Crippen molar-refractivity contribution in [1.82, 2.24) is 9.88 Å². The largest absolute Gasteiger partial charge is 0.381 e. The molecule has 0 aromatic carbocycles. The van der Waals surface area contributed by atoms with E-state index in [4.69, 9.17) is 14.2 Å². The van der Waals surface area contributed by atoms with Gasteiger partial charge < -0.3 is 14.2 Å². The van der Waals surface area contributed by atoms with Crippen molar-refractivity contribution in [1.29, 1.82) is 0 Å². The van der Waals surface area contributed by atoms with Crippen molar-refractivity contribution < 1.29 is 14.2 Å². The lowest BCUT2D eigenvalue weighted by atomic mass is 9.98. The van der Waals surface area contributed by atoms with E-state index in [9.17, 15) is 0 Å². The van der Waals surface area contributed by atoms with Crippen molar-refractivity contribution in [3.05, 3.63) is 16.1 Å². The minimum Gasteiger partial charge on any atom is -0.381 e. The summed E-state index contributed by atoms with van der Waals surface area (Å²) in [6.07, 6.45) is 4.73. The second-order valence-electron chi connectivity index (χ2n) is 7.53. The summed E-state index contributed by atoms with van der Waals surface area (Å²) < 4.78 is 17.8. The highest BCUT2D eigenvalue weighted by Gasteiger charge is 2.46. The van der Waals surface area contributed by atoms with Crippen molar-refractivity contribution in [3.63, 3.8) is 0 Å². The predicted octanol–water partition coefficient (Wildman–Crippen LogP) is 2.63. The summed E-state index contributed by atoms with van der Waals surface area (Å²) in [6.45, 7) is 8.68. The molecule has 0 bridgehead atoms. The Kier molecular flexibility index (Phi) is 5.20. The number of rotatable bonds is 5. The first-order chi connectivity index (χ1) is 11.7. The second kappa shape index (κ2) is 7.38. The Labute approximate surface area is 148 Å². The molecule has 3 aliphatic rings. The standard InChI is InChI=1S/C18H28N2O3S/c1-14-17(24-13-19-14)9-20-5-4-18(12-20)8-16(11-23-18)22-10-15-2-6-21-7-3-15/h13,15-16H,2-12H2,1H3/t16-,18-/m0/s1. The highest BCUT2D eigenvalue weighted by molar-refractivity contribution is 7.09. The smallest absolute Gasteiger partial charge is 0.0847 e. The van der Waals surface area contributed by atoms with Gasteiger partial charge in [0, 0.05) is 44.1 Å². The molecule has 134 valence electrons. The molecule has 0 saturated carbocycles. The topological polar surface area (TPSA) is 43.8 Å². The average Bonchev–Trinajstić information content (AvgIpc) is 3.30. The number of hydrogen-bond acceptors (Lipinski definition) is 6. The monoisotopic (exact) mass is 352 g/mol. The molecule has 4 heterocycles. The third-order valence-corrected chi connectivity index (χ3v) is 6.61. The molecule has 24 heavy (non-hydrogen) atoms. The van der Waals surface area contributed by atoms with Gasteiger partial charge in [-0.25, -0.2) is 4.98 Å². The maximum atomic E-state index is 6.23. The van der Waals surface area contributed by atoms with Crippen molar-refractivity contribution in [3.8, 4) is 0 Å². The Balaban J connectivity index is 1.24. The van der Waals surface area contributed by atoms with Gasteiger partial charge in [0.1, 0.15) is 0 Å². The van der Waals surface area contributed by atoms with Crippen molar-refractivity contribution in [2.24, 2.45) is 5.92 Å². The molecule has 4 rings (SSSR count). The summed E-state index contributed by atoms with van der Waals surface area (Å²) in [5, 5.41) is 0. The summed E-state index contributed by atoms with van der Waals surface area (Å²) >= 11 is 1.76. The van der Waals surface area contributed by atoms with Gasteiger partial charge in [0.2, 0.25) is 0 Å². The van der Waals surface area contributed by atoms with E-state index in [1.54, 1.807) is 11.3 Å². The molecule has 0 unspecified atom stereocenters. The van der Waals surface area contributed by atoms with Crippen LogP contribution in [0.5, 0.6) is 0 Å². The fourth-order valence-corrected chi connectivity index (χ4v) is 4.94. The van der Waals surface area contributed by atoms with Crippen LogP contribution in [0.3, 0.4) is 0 Å². The zero-order valence-electron chi connectivity index (χ0n) is 14.5. The molecule has 6 heteroatoms. The van der Waals surface area contributed by atoms with E-state index in [2.05, 4.69) is 16.8 Å². The lowest BCUT2D eigenvalue weighted by Gasteiger charge is -2.24. The molecule has 0 N–H and O–H groups in total. The molecule has 1 aromatic rings. The van der Waals surface area contributed by atoms with E-state index in [1.165, 1.54) is 10.6 Å². The Morgan fingerprint density at radius 1 is 1.42 bits per heavy atom. The molecule has 3 fully saturated rings. The predicted molar refractivity (Wildman–Crippen MR) is 93.3 cm³/mol. The minimum atomic E-state index is 0.0267. The van der Waals surface area contributed by atoms with E-state index in [0.717, 1.165) is 71.7 Å². The van der Waals surface area contributed by atoms with Gasteiger partial charge in [-0.3, -0.25) is 4.90 Å². The third kappa shape index (κ3) is 3.83. The first-order valence-corrected chi connectivity index (χ1v) is 10.0. The molecule has 0 amide bonds. The number of thiazole rings is 1. The number of nitrogens with zero attached hydrogens (tertiary/aromatic N) is 2. The van der Waals surface area contributed by atoms with Crippen LogP contribution >= 0.6 is 11.3 Å². The SMILES string of the molecule is Cc1ncsc1CN1CC[C@]2(C[C@H](OCC3CCOCC3)CO2)C1. The van der Waals surface area contributed by atoms with Crippen LogP contribution in [0.25, 0.3) is 0 Å². The van der Waals surface area contributed by atoms with Crippen molar-refractivity contribution in [2.45, 2.75) is 50.9 Å². The highest BCUT2D eigenvalue weighted by Crippen LogP contribution is 2.37. The number of aromatic nitrogens is 1. The van der Waals surface area contributed by atoms with Crippen molar-refractivity contribution >= 4 is 11.3 Å². The number of ether oxygens (including phenoxy) is 3. The summed E-state index contributed by atoms with van der Waals surface area (Å²) in [7, 11) is 0. The Morgan fingerprint density at radius 2 is 2.29 bits per heavy atom. The van der Waals surface area contributed by atoms with E-state index in [-0.39, 0.29) is 11.7 Å². The van der Waals surface area contributed by atoms with Crippen LogP contribution in [0, 0.1) is 12.8 Å². The van der Waals surface area contributed by atoms with Crippen LogP contribution in [0.2, 0.25) is 0 Å². The Hall–Kier alpha value is -0.530. The molecule has 1 aromatic heterocycles. The molecule has 3 aliphatic heterocycles. The number of aryl methyl sites for hydroxylation is 1. The normalized spacial score (nSPS) is 32.1. The Bertz CT molecular complexity index is 546. The molecule has 1 spiro atoms. The maximum Gasteiger partial charge on any atom is 0.0847 e. The van der Waals surface area contributed by atoms with Gasteiger partial charge in [0.25, 0.3) is 0 Å². The first kappa shape index (κ1) is 16.9. The van der Waals surface area contributed by atoms with Crippen LogP contribution in [0.1, 0.15) is 36.3 Å². The molecular weight excluding hydrogens is 324 g/mol.